The van der Waals surface area contributed by atoms with Crippen molar-refractivity contribution in [2.45, 2.75) is 13.0 Å². The Bertz CT molecular complexity index is 226. The zero-order chi connectivity index (χ0) is 11.0. The van der Waals surface area contributed by atoms with Crippen molar-refractivity contribution >= 4 is 17.3 Å². The van der Waals surface area contributed by atoms with Gasteiger partial charge in [0.15, 0.2) is 0 Å². The van der Waals surface area contributed by atoms with E-state index in [0.717, 1.165) is 0 Å². The maximum atomic E-state index is 10.8. The van der Waals surface area contributed by atoms with Crippen LogP contribution in [-0.2, 0) is 25.1 Å². The molecule has 2 N–H and O–H groups in total. The Morgan fingerprint density at radius 2 is 2.29 bits per heavy atom. The smallest absolute Gasteiger partial charge is 0.330 e. The monoisotopic (exact) mass is 224 g/mol. The molecule has 2 atom stereocenters. The summed E-state index contributed by atoms with van der Waals surface area (Å²) in [6.07, 6.45) is 1.70. The molecule has 0 aliphatic rings. The molecule has 14 heavy (non-hydrogen) atoms. The van der Waals surface area contributed by atoms with Crippen LogP contribution < -0.4 is 0 Å². The molecule has 82 valence electrons. The normalized spacial score (nSPS) is 15.4. The second kappa shape index (κ2) is 7.63. The highest BCUT2D eigenvalue weighted by atomic mass is 32.2. The highest BCUT2D eigenvalue weighted by molar-refractivity contribution is 7.74. The van der Waals surface area contributed by atoms with Gasteiger partial charge in [0.05, 0.1) is 6.61 Å². The Hall–Kier alpha value is -0.760. The summed E-state index contributed by atoms with van der Waals surface area (Å²) >= 11 is -2.43. The van der Waals surface area contributed by atoms with Crippen molar-refractivity contribution in [2.24, 2.45) is 0 Å². The zero-order valence-corrected chi connectivity index (χ0v) is 8.40. The molecule has 6 nitrogen and oxygen atoms in total. The molecule has 0 rings (SSSR count). The third-order valence-electron chi connectivity index (χ3n) is 1.14. The second-order valence-electron chi connectivity index (χ2n) is 2.24. The molecule has 0 saturated heterocycles. The predicted octanol–water partition coefficient (Wildman–Crippen LogP) is -0.380. The number of carbonyl (C=O) groups is 1. The topological polar surface area (TPSA) is 93.1 Å². The minimum atomic E-state index is -2.43. The number of allylic oxidation sites excluding steroid dienone is 1. The fourth-order valence-corrected chi connectivity index (χ4v) is 0.866. The number of ether oxygens (including phenoxy) is 1. The van der Waals surface area contributed by atoms with Gasteiger partial charge in [-0.05, 0) is 6.92 Å². The number of carbonyl (C=O) groups excluding carboxylic acids is 1. The van der Waals surface area contributed by atoms with E-state index in [1.54, 1.807) is 6.92 Å². The third kappa shape index (κ3) is 6.72. The highest BCUT2D eigenvalue weighted by Gasteiger charge is 2.13. The van der Waals surface area contributed by atoms with E-state index >= 15 is 0 Å². The quantitative estimate of drug-likeness (QED) is 0.363. The van der Waals surface area contributed by atoms with Crippen LogP contribution in [0.1, 0.15) is 6.92 Å². The van der Waals surface area contributed by atoms with Crippen LogP contribution in [0.2, 0.25) is 0 Å². The minimum absolute atomic E-state index is 0.330. The lowest BCUT2D eigenvalue weighted by atomic mass is 10.4. The molecule has 0 aromatic heterocycles. The van der Waals surface area contributed by atoms with Gasteiger partial charge in [-0.15, -0.1) is 0 Å². The van der Waals surface area contributed by atoms with Crippen LogP contribution in [0, 0.1) is 0 Å². The van der Waals surface area contributed by atoms with E-state index in [9.17, 15) is 9.00 Å². The van der Waals surface area contributed by atoms with Crippen molar-refractivity contribution in [1.29, 1.82) is 0 Å². The van der Waals surface area contributed by atoms with Crippen LogP contribution in [-0.4, -0.2) is 39.2 Å². The summed E-state index contributed by atoms with van der Waals surface area (Å²) < 4.78 is 27.2. The summed E-state index contributed by atoms with van der Waals surface area (Å²) in [4.78, 5) is 10.8. The molecule has 0 saturated carbocycles. The van der Waals surface area contributed by atoms with Gasteiger partial charge in [0.2, 0.25) is 0 Å². The van der Waals surface area contributed by atoms with Crippen LogP contribution in [0.25, 0.3) is 0 Å². The van der Waals surface area contributed by atoms with Gasteiger partial charge < -0.3 is 9.84 Å². The van der Waals surface area contributed by atoms with Crippen molar-refractivity contribution < 1.29 is 27.6 Å². The number of aliphatic hydroxyl groups excluding tert-OH is 1. The van der Waals surface area contributed by atoms with Crippen molar-refractivity contribution in [1.82, 2.24) is 0 Å². The van der Waals surface area contributed by atoms with Crippen molar-refractivity contribution in [3.63, 3.8) is 0 Å². The summed E-state index contributed by atoms with van der Waals surface area (Å²) in [6.45, 7) is 0.831. The first kappa shape index (κ1) is 13.2. The van der Waals surface area contributed by atoms with Gasteiger partial charge in [0, 0.05) is 6.08 Å². The first-order valence-corrected chi connectivity index (χ1v) is 4.81. The number of hydrogen-bond donors (Lipinski definition) is 2. The maximum absolute atomic E-state index is 10.8. The molecule has 0 spiro atoms. The summed E-state index contributed by atoms with van der Waals surface area (Å²) in [5.41, 5.74) is 0. The van der Waals surface area contributed by atoms with E-state index in [1.807, 2.05) is 0 Å². The summed E-state index contributed by atoms with van der Waals surface area (Å²) in [5.74, 6) is -0.640. The van der Waals surface area contributed by atoms with E-state index in [-0.39, 0.29) is 6.61 Å². The first-order chi connectivity index (χ1) is 6.60. The predicted molar refractivity (Wildman–Crippen MR) is 48.5 cm³/mol. The van der Waals surface area contributed by atoms with Gasteiger partial charge in [-0.2, -0.15) is 4.21 Å². The molecule has 0 aromatic rings. The summed E-state index contributed by atoms with van der Waals surface area (Å²) in [6, 6.07) is 0. The standard InChI is InChI=1S/C7H12O6S/c1-2-3-7(9)13-6(4-8)5-12-14(10)11/h2-3,6,8H,4-5H2,1H3,(H,10,11). The van der Waals surface area contributed by atoms with Crippen LogP contribution in [0.4, 0.5) is 0 Å². The summed E-state index contributed by atoms with van der Waals surface area (Å²) in [7, 11) is 0. The Morgan fingerprint density at radius 3 is 2.71 bits per heavy atom. The first-order valence-electron chi connectivity index (χ1n) is 3.78. The lowest BCUT2D eigenvalue weighted by Crippen LogP contribution is -2.26. The molecule has 0 aromatic carbocycles. The Morgan fingerprint density at radius 1 is 1.64 bits per heavy atom. The number of hydrogen-bond acceptors (Lipinski definition) is 5. The molecule has 0 aliphatic heterocycles. The Balaban J connectivity index is 3.90. The molecule has 0 fully saturated rings. The molecule has 0 heterocycles. The molecular weight excluding hydrogens is 212 g/mol. The van der Waals surface area contributed by atoms with E-state index in [4.69, 9.17) is 9.66 Å². The average molecular weight is 224 g/mol. The van der Waals surface area contributed by atoms with Gasteiger partial charge in [0.25, 0.3) is 0 Å². The van der Waals surface area contributed by atoms with Crippen molar-refractivity contribution in [2.75, 3.05) is 13.2 Å². The molecular formula is C7H12O6S. The van der Waals surface area contributed by atoms with Crippen LogP contribution in [0.3, 0.4) is 0 Å². The zero-order valence-electron chi connectivity index (χ0n) is 7.58. The minimum Gasteiger partial charge on any atom is -0.454 e. The lowest BCUT2D eigenvalue weighted by Gasteiger charge is -2.12. The molecule has 0 bridgehead atoms. The van der Waals surface area contributed by atoms with Gasteiger partial charge in [-0.3, -0.25) is 8.74 Å². The van der Waals surface area contributed by atoms with Crippen LogP contribution in [0.5, 0.6) is 0 Å². The SMILES string of the molecule is CC=CC(=O)OC(CO)COS(=O)O. The fraction of sp³-hybridized carbons (Fsp3) is 0.571. The van der Waals surface area contributed by atoms with Crippen molar-refractivity contribution in [3.05, 3.63) is 12.2 Å². The fourth-order valence-electron chi connectivity index (χ4n) is 0.598. The van der Waals surface area contributed by atoms with Gasteiger partial charge in [0.1, 0.15) is 12.7 Å². The number of aliphatic hydroxyl groups is 1. The molecule has 0 aliphatic carbocycles. The third-order valence-corrected chi connectivity index (χ3v) is 1.48. The average Bonchev–Trinajstić information content (AvgIpc) is 2.12. The Kier molecular flexibility index (Phi) is 7.21. The van der Waals surface area contributed by atoms with E-state index in [0.29, 0.717) is 0 Å². The summed E-state index contributed by atoms with van der Waals surface area (Å²) in [5, 5.41) is 8.69. The van der Waals surface area contributed by atoms with Crippen LogP contribution >= 0.6 is 0 Å². The van der Waals surface area contributed by atoms with Gasteiger partial charge in [-0.25, -0.2) is 4.79 Å². The molecule has 0 radical (unpaired) electrons. The number of rotatable bonds is 6. The Labute approximate surface area is 84.0 Å². The van der Waals surface area contributed by atoms with E-state index in [2.05, 4.69) is 8.92 Å². The molecule has 0 amide bonds. The lowest BCUT2D eigenvalue weighted by molar-refractivity contribution is -0.146. The van der Waals surface area contributed by atoms with Gasteiger partial charge >= 0.3 is 17.3 Å². The molecule has 2 unspecified atom stereocenters. The van der Waals surface area contributed by atoms with E-state index in [1.165, 1.54) is 12.2 Å². The van der Waals surface area contributed by atoms with Crippen LogP contribution in [0.15, 0.2) is 12.2 Å². The molecule has 7 heteroatoms. The maximum Gasteiger partial charge on any atom is 0.330 e. The largest absolute Gasteiger partial charge is 0.454 e. The van der Waals surface area contributed by atoms with Crippen molar-refractivity contribution in [3.8, 4) is 0 Å². The number of esters is 1. The highest BCUT2D eigenvalue weighted by Crippen LogP contribution is 1.95. The van der Waals surface area contributed by atoms with Gasteiger partial charge in [-0.1, -0.05) is 6.08 Å². The van der Waals surface area contributed by atoms with E-state index < -0.39 is 30.0 Å². The second-order valence-corrected chi connectivity index (χ2v) is 2.91.